The Kier molecular flexibility index (Phi) is 4.93. The summed E-state index contributed by atoms with van der Waals surface area (Å²) in [6.07, 6.45) is 0. The van der Waals surface area contributed by atoms with E-state index in [2.05, 4.69) is 10.6 Å². The van der Waals surface area contributed by atoms with Gasteiger partial charge in [-0.1, -0.05) is 12.1 Å². The van der Waals surface area contributed by atoms with Crippen molar-refractivity contribution < 1.29 is 18.3 Å². The molecule has 1 atom stereocenters. The van der Waals surface area contributed by atoms with Gasteiger partial charge in [0.15, 0.2) is 0 Å². The van der Waals surface area contributed by atoms with Crippen LogP contribution in [0.25, 0.3) is 0 Å². The van der Waals surface area contributed by atoms with Gasteiger partial charge in [-0.2, -0.15) is 0 Å². The molecule has 2 amide bonds. The van der Waals surface area contributed by atoms with Gasteiger partial charge < -0.3 is 15.4 Å². The zero-order chi connectivity index (χ0) is 16.1. The molecule has 2 N–H and O–H groups in total. The highest BCUT2D eigenvalue weighted by Gasteiger charge is 2.12. The number of rotatable bonds is 4. The zero-order valence-corrected chi connectivity index (χ0v) is 12.2. The number of nitrogens with one attached hydrogen (secondary N) is 2. The van der Waals surface area contributed by atoms with E-state index in [4.69, 9.17) is 4.74 Å². The molecule has 1 unspecified atom stereocenters. The van der Waals surface area contributed by atoms with E-state index in [9.17, 15) is 13.6 Å². The van der Waals surface area contributed by atoms with Crippen molar-refractivity contribution in [1.82, 2.24) is 5.32 Å². The Hall–Kier alpha value is -2.63. The topological polar surface area (TPSA) is 50.4 Å². The lowest BCUT2D eigenvalue weighted by atomic mass is 10.1. The number of hydrogen-bond donors (Lipinski definition) is 2. The van der Waals surface area contributed by atoms with Gasteiger partial charge in [0, 0.05) is 6.07 Å². The first-order chi connectivity index (χ1) is 10.5. The molecule has 0 spiro atoms. The van der Waals surface area contributed by atoms with Gasteiger partial charge in [-0.15, -0.1) is 0 Å². The third kappa shape index (κ3) is 3.94. The molecular formula is C16H16F2N2O2. The van der Waals surface area contributed by atoms with Gasteiger partial charge in [0.2, 0.25) is 0 Å². The normalized spacial score (nSPS) is 11.6. The number of amides is 2. The fraction of sp³-hybridized carbons (Fsp3) is 0.188. The molecule has 2 aromatic rings. The van der Waals surface area contributed by atoms with Crippen molar-refractivity contribution in [2.75, 3.05) is 12.4 Å². The summed E-state index contributed by atoms with van der Waals surface area (Å²) in [6.45, 7) is 1.79. The lowest BCUT2D eigenvalue weighted by molar-refractivity contribution is 0.249. The average molecular weight is 306 g/mol. The lowest BCUT2D eigenvalue weighted by Gasteiger charge is -2.16. The highest BCUT2D eigenvalue weighted by atomic mass is 19.1. The van der Waals surface area contributed by atoms with Crippen molar-refractivity contribution in [1.29, 1.82) is 0 Å². The minimum absolute atomic E-state index is 0.0863. The van der Waals surface area contributed by atoms with Gasteiger partial charge in [-0.25, -0.2) is 13.6 Å². The molecule has 116 valence electrons. The van der Waals surface area contributed by atoms with E-state index in [0.717, 1.165) is 11.6 Å². The molecule has 0 radical (unpaired) electrons. The summed E-state index contributed by atoms with van der Waals surface area (Å²) in [6, 6.07) is 9.30. The van der Waals surface area contributed by atoms with Crippen molar-refractivity contribution in [3.8, 4) is 5.75 Å². The van der Waals surface area contributed by atoms with Crippen molar-refractivity contribution in [3.63, 3.8) is 0 Å². The second-order valence-electron chi connectivity index (χ2n) is 4.72. The average Bonchev–Trinajstić information content (AvgIpc) is 2.50. The summed E-state index contributed by atoms with van der Waals surface area (Å²) in [5.41, 5.74) is 0.755. The van der Waals surface area contributed by atoms with Crippen LogP contribution in [0.15, 0.2) is 42.5 Å². The molecule has 0 saturated carbocycles. The summed E-state index contributed by atoms with van der Waals surface area (Å²) in [5, 5.41) is 5.02. The number of hydrogen-bond acceptors (Lipinski definition) is 2. The summed E-state index contributed by atoms with van der Waals surface area (Å²) in [7, 11) is 1.56. The van der Waals surface area contributed by atoms with Crippen LogP contribution in [-0.2, 0) is 0 Å². The largest absolute Gasteiger partial charge is 0.497 e. The third-order valence-corrected chi connectivity index (χ3v) is 3.12. The Morgan fingerprint density at radius 1 is 1.18 bits per heavy atom. The second kappa shape index (κ2) is 6.89. The first-order valence-electron chi connectivity index (χ1n) is 6.66. The molecule has 6 heteroatoms. The maximum absolute atomic E-state index is 13.5. The molecule has 22 heavy (non-hydrogen) atoms. The van der Waals surface area contributed by atoms with Crippen molar-refractivity contribution in [3.05, 3.63) is 59.7 Å². The van der Waals surface area contributed by atoms with Crippen LogP contribution in [0.3, 0.4) is 0 Å². The molecule has 2 rings (SSSR count). The van der Waals surface area contributed by atoms with Crippen LogP contribution in [0.5, 0.6) is 5.75 Å². The van der Waals surface area contributed by atoms with E-state index in [0.29, 0.717) is 11.8 Å². The van der Waals surface area contributed by atoms with Crippen LogP contribution in [0.1, 0.15) is 18.5 Å². The molecule has 0 heterocycles. The van der Waals surface area contributed by atoms with Gasteiger partial charge in [-0.05, 0) is 36.8 Å². The molecule has 0 bridgehead atoms. The second-order valence-corrected chi connectivity index (χ2v) is 4.72. The molecule has 4 nitrogen and oxygen atoms in total. The highest BCUT2D eigenvalue weighted by molar-refractivity contribution is 5.89. The number of ether oxygens (including phenoxy) is 1. The van der Waals surface area contributed by atoms with Crippen LogP contribution in [0, 0.1) is 11.6 Å². The minimum Gasteiger partial charge on any atom is -0.497 e. The molecule has 0 aliphatic carbocycles. The van der Waals surface area contributed by atoms with Gasteiger partial charge in [0.25, 0.3) is 0 Å². The monoisotopic (exact) mass is 306 g/mol. The smallest absolute Gasteiger partial charge is 0.319 e. The van der Waals surface area contributed by atoms with Crippen molar-refractivity contribution in [2.24, 2.45) is 0 Å². The molecule has 0 saturated heterocycles. The number of carbonyl (C=O) groups excluding carboxylic acids is 1. The Balaban J connectivity index is 2.01. The standard InChI is InChI=1S/C16H16F2N2O2/c1-10(11-4-3-5-13(8-11)22-2)19-16(21)20-15-7-6-12(17)9-14(15)18/h3-10H,1-2H3,(H2,19,20,21). The maximum atomic E-state index is 13.5. The Morgan fingerprint density at radius 3 is 2.64 bits per heavy atom. The number of benzene rings is 2. The number of methoxy groups -OCH3 is 1. The lowest BCUT2D eigenvalue weighted by Crippen LogP contribution is -2.31. The fourth-order valence-corrected chi connectivity index (χ4v) is 1.94. The third-order valence-electron chi connectivity index (χ3n) is 3.12. The molecule has 0 aromatic heterocycles. The number of carbonyl (C=O) groups is 1. The van der Waals surface area contributed by atoms with E-state index >= 15 is 0 Å². The van der Waals surface area contributed by atoms with E-state index in [-0.39, 0.29) is 11.7 Å². The summed E-state index contributed by atoms with van der Waals surface area (Å²) in [4.78, 5) is 11.9. The Bertz CT molecular complexity index is 677. The predicted octanol–water partition coefficient (Wildman–Crippen LogP) is 3.86. The van der Waals surface area contributed by atoms with Crippen LogP contribution < -0.4 is 15.4 Å². The summed E-state index contributed by atoms with van der Waals surface area (Å²) in [5.74, 6) is -0.853. The van der Waals surface area contributed by atoms with E-state index in [1.807, 2.05) is 12.1 Å². The van der Waals surface area contributed by atoms with Gasteiger partial charge >= 0.3 is 6.03 Å². The van der Waals surface area contributed by atoms with E-state index in [1.54, 1.807) is 26.2 Å². The van der Waals surface area contributed by atoms with Crippen LogP contribution in [0.4, 0.5) is 19.3 Å². The van der Waals surface area contributed by atoms with Crippen LogP contribution >= 0.6 is 0 Å². The summed E-state index contributed by atoms with van der Waals surface area (Å²) < 4.78 is 31.4. The summed E-state index contributed by atoms with van der Waals surface area (Å²) >= 11 is 0. The molecular weight excluding hydrogens is 290 g/mol. The first kappa shape index (κ1) is 15.8. The Labute approximate surface area is 127 Å². The SMILES string of the molecule is COc1cccc(C(C)NC(=O)Nc2ccc(F)cc2F)c1. The predicted molar refractivity (Wildman–Crippen MR) is 79.9 cm³/mol. The number of anilines is 1. The number of urea groups is 1. The highest BCUT2D eigenvalue weighted by Crippen LogP contribution is 2.19. The first-order valence-corrected chi connectivity index (χ1v) is 6.66. The van der Waals surface area contributed by atoms with Gasteiger partial charge in [-0.3, -0.25) is 0 Å². The van der Waals surface area contributed by atoms with Gasteiger partial charge in [0.1, 0.15) is 17.4 Å². The van der Waals surface area contributed by atoms with E-state index in [1.165, 1.54) is 6.07 Å². The van der Waals surface area contributed by atoms with Crippen molar-refractivity contribution >= 4 is 11.7 Å². The minimum atomic E-state index is -0.829. The van der Waals surface area contributed by atoms with Crippen LogP contribution in [-0.4, -0.2) is 13.1 Å². The molecule has 0 aliphatic heterocycles. The quantitative estimate of drug-likeness (QED) is 0.901. The Morgan fingerprint density at radius 2 is 1.95 bits per heavy atom. The van der Waals surface area contributed by atoms with Crippen molar-refractivity contribution in [2.45, 2.75) is 13.0 Å². The van der Waals surface area contributed by atoms with E-state index < -0.39 is 17.7 Å². The zero-order valence-electron chi connectivity index (χ0n) is 12.2. The molecule has 0 aliphatic rings. The maximum Gasteiger partial charge on any atom is 0.319 e. The fourth-order valence-electron chi connectivity index (χ4n) is 1.94. The molecule has 0 fully saturated rings. The number of halogens is 2. The molecule has 2 aromatic carbocycles. The van der Waals surface area contributed by atoms with Crippen LogP contribution in [0.2, 0.25) is 0 Å². The van der Waals surface area contributed by atoms with Gasteiger partial charge in [0.05, 0.1) is 18.8 Å².